The number of rotatable bonds is 4. The molecule has 1 aromatic carbocycles. The highest BCUT2D eigenvalue weighted by Crippen LogP contribution is 2.31. The first-order chi connectivity index (χ1) is 8.69. The molecule has 0 heterocycles. The molecule has 0 spiro atoms. The third-order valence-electron chi connectivity index (χ3n) is 4.21. The van der Waals surface area contributed by atoms with Crippen LogP contribution in [0.3, 0.4) is 0 Å². The van der Waals surface area contributed by atoms with Crippen LogP contribution in [0.1, 0.15) is 38.2 Å². The molecule has 1 fully saturated rings. The van der Waals surface area contributed by atoms with Crippen molar-refractivity contribution in [1.82, 2.24) is 0 Å². The van der Waals surface area contributed by atoms with Crippen LogP contribution in [-0.2, 0) is 6.42 Å². The molecule has 0 aromatic heterocycles. The van der Waals surface area contributed by atoms with E-state index in [1.165, 1.54) is 31.2 Å². The number of aliphatic hydroxyl groups is 1. The Kier molecular flexibility index (Phi) is 4.65. The Labute approximate surface area is 110 Å². The Hall–Kier alpha value is -1.02. The zero-order valence-corrected chi connectivity index (χ0v) is 11.4. The summed E-state index contributed by atoms with van der Waals surface area (Å²) < 4.78 is 5.14. The molecule has 0 bridgehead atoms. The van der Waals surface area contributed by atoms with Crippen LogP contribution in [0.25, 0.3) is 0 Å². The van der Waals surface area contributed by atoms with Crippen molar-refractivity contribution >= 4 is 0 Å². The highest BCUT2D eigenvalue weighted by atomic mass is 16.5. The van der Waals surface area contributed by atoms with Gasteiger partial charge in [0.05, 0.1) is 13.2 Å². The predicted molar refractivity (Wildman–Crippen MR) is 73.8 cm³/mol. The fourth-order valence-corrected chi connectivity index (χ4v) is 2.84. The van der Waals surface area contributed by atoms with Gasteiger partial charge in [0.1, 0.15) is 5.75 Å². The van der Waals surface area contributed by atoms with Crippen LogP contribution in [0.15, 0.2) is 24.3 Å². The van der Waals surface area contributed by atoms with Gasteiger partial charge in [-0.15, -0.1) is 0 Å². The molecule has 100 valence electrons. The highest BCUT2D eigenvalue weighted by Gasteiger charge is 2.24. The summed E-state index contributed by atoms with van der Waals surface area (Å²) in [6, 6.07) is 8.02. The minimum absolute atomic E-state index is 0.189. The summed E-state index contributed by atoms with van der Waals surface area (Å²) in [5, 5.41) is 10.3. The molecule has 0 amide bonds. The van der Waals surface area contributed by atoms with E-state index in [9.17, 15) is 5.11 Å². The lowest BCUT2D eigenvalue weighted by Gasteiger charge is -2.29. The van der Waals surface area contributed by atoms with Gasteiger partial charge < -0.3 is 9.84 Å². The van der Waals surface area contributed by atoms with Crippen molar-refractivity contribution in [3.05, 3.63) is 29.8 Å². The molecule has 1 atom stereocenters. The predicted octanol–water partition coefficient (Wildman–Crippen LogP) is 3.42. The number of aliphatic hydroxyl groups excluding tert-OH is 1. The minimum atomic E-state index is -0.189. The summed E-state index contributed by atoms with van der Waals surface area (Å²) >= 11 is 0. The van der Waals surface area contributed by atoms with Gasteiger partial charge >= 0.3 is 0 Å². The second-order valence-electron chi connectivity index (χ2n) is 5.64. The molecule has 0 aliphatic heterocycles. The van der Waals surface area contributed by atoms with Gasteiger partial charge in [0.15, 0.2) is 0 Å². The van der Waals surface area contributed by atoms with Gasteiger partial charge in [-0.3, -0.25) is 0 Å². The zero-order chi connectivity index (χ0) is 13.0. The lowest BCUT2D eigenvalue weighted by molar-refractivity contribution is 0.0761. The molecule has 2 rings (SSSR count). The van der Waals surface area contributed by atoms with Crippen LogP contribution in [0.4, 0.5) is 0 Å². The molecule has 0 saturated heterocycles. The van der Waals surface area contributed by atoms with Crippen LogP contribution in [0, 0.1) is 11.8 Å². The van der Waals surface area contributed by atoms with E-state index in [1.807, 2.05) is 24.3 Å². The molecule has 1 aliphatic carbocycles. The number of hydrogen-bond acceptors (Lipinski definition) is 2. The minimum Gasteiger partial charge on any atom is -0.497 e. The van der Waals surface area contributed by atoms with Crippen LogP contribution >= 0.6 is 0 Å². The number of hydrogen-bond donors (Lipinski definition) is 1. The van der Waals surface area contributed by atoms with Gasteiger partial charge in [-0.05, 0) is 48.8 Å². The van der Waals surface area contributed by atoms with Gasteiger partial charge in [-0.2, -0.15) is 0 Å². The van der Waals surface area contributed by atoms with Gasteiger partial charge in [0.25, 0.3) is 0 Å². The Bertz CT molecular complexity index is 350. The van der Waals surface area contributed by atoms with Crippen molar-refractivity contribution < 1.29 is 9.84 Å². The van der Waals surface area contributed by atoms with E-state index in [0.717, 1.165) is 18.1 Å². The summed E-state index contributed by atoms with van der Waals surface area (Å²) in [6.45, 7) is 2.31. The fraction of sp³-hybridized carbons (Fsp3) is 0.625. The molecule has 18 heavy (non-hydrogen) atoms. The van der Waals surface area contributed by atoms with Crippen LogP contribution in [0.2, 0.25) is 0 Å². The Balaban J connectivity index is 1.87. The maximum atomic E-state index is 10.3. The van der Waals surface area contributed by atoms with Crippen molar-refractivity contribution in [1.29, 1.82) is 0 Å². The van der Waals surface area contributed by atoms with Crippen molar-refractivity contribution in [3.8, 4) is 5.75 Å². The molecular formula is C16H24O2. The quantitative estimate of drug-likeness (QED) is 0.884. The SMILES string of the molecule is COc1ccc(CC(O)C2CCC(C)CC2)cc1. The zero-order valence-electron chi connectivity index (χ0n) is 11.4. The maximum Gasteiger partial charge on any atom is 0.118 e. The summed E-state index contributed by atoms with van der Waals surface area (Å²) in [6.07, 6.45) is 5.47. The summed E-state index contributed by atoms with van der Waals surface area (Å²) in [5.41, 5.74) is 1.20. The standard InChI is InChI=1S/C16H24O2/c1-12-3-7-14(8-4-12)16(17)11-13-5-9-15(18-2)10-6-13/h5-6,9-10,12,14,16-17H,3-4,7-8,11H2,1-2H3. The number of benzene rings is 1. The first-order valence-electron chi connectivity index (χ1n) is 7.00. The largest absolute Gasteiger partial charge is 0.497 e. The topological polar surface area (TPSA) is 29.5 Å². The highest BCUT2D eigenvalue weighted by molar-refractivity contribution is 5.27. The lowest BCUT2D eigenvalue weighted by atomic mass is 9.79. The molecule has 2 heteroatoms. The molecule has 1 N–H and O–H groups in total. The molecule has 1 unspecified atom stereocenters. The third kappa shape index (κ3) is 3.49. The second-order valence-corrected chi connectivity index (χ2v) is 5.64. The average molecular weight is 248 g/mol. The molecule has 0 radical (unpaired) electrons. The Morgan fingerprint density at radius 1 is 1.17 bits per heavy atom. The van der Waals surface area contributed by atoms with Crippen molar-refractivity contribution in [2.24, 2.45) is 11.8 Å². The van der Waals surface area contributed by atoms with E-state index in [1.54, 1.807) is 7.11 Å². The van der Waals surface area contributed by atoms with Crippen molar-refractivity contribution in [3.63, 3.8) is 0 Å². The Morgan fingerprint density at radius 3 is 2.33 bits per heavy atom. The smallest absolute Gasteiger partial charge is 0.118 e. The number of methoxy groups -OCH3 is 1. The molecule has 1 aromatic rings. The second kappa shape index (κ2) is 6.24. The third-order valence-corrected chi connectivity index (χ3v) is 4.21. The van der Waals surface area contributed by atoms with Crippen LogP contribution < -0.4 is 4.74 Å². The lowest BCUT2D eigenvalue weighted by Crippen LogP contribution is -2.26. The van der Waals surface area contributed by atoms with Gasteiger partial charge in [-0.25, -0.2) is 0 Å². The molecule has 1 saturated carbocycles. The first-order valence-corrected chi connectivity index (χ1v) is 7.00. The van der Waals surface area contributed by atoms with Crippen LogP contribution in [0.5, 0.6) is 5.75 Å². The van der Waals surface area contributed by atoms with Crippen molar-refractivity contribution in [2.45, 2.75) is 45.1 Å². The van der Waals surface area contributed by atoms with E-state index in [-0.39, 0.29) is 6.10 Å². The van der Waals surface area contributed by atoms with E-state index < -0.39 is 0 Å². The molecule has 2 nitrogen and oxygen atoms in total. The maximum absolute atomic E-state index is 10.3. The Morgan fingerprint density at radius 2 is 1.78 bits per heavy atom. The fourth-order valence-electron chi connectivity index (χ4n) is 2.84. The monoisotopic (exact) mass is 248 g/mol. The molecular weight excluding hydrogens is 224 g/mol. The average Bonchev–Trinajstić information content (AvgIpc) is 2.40. The summed E-state index contributed by atoms with van der Waals surface area (Å²) in [4.78, 5) is 0. The first kappa shape index (κ1) is 13.4. The van der Waals surface area contributed by atoms with Crippen molar-refractivity contribution in [2.75, 3.05) is 7.11 Å². The van der Waals surface area contributed by atoms with Gasteiger partial charge in [0, 0.05) is 0 Å². The normalized spacial score (nSPS) is 25.7. The van der Waals surface area contributed by atoms with Gasteiger partial charge in [0.2, 0.25) is 0 Å². The van der Waals surface area contributed by atoms with E-state index in [0.29, 0.717) is 5.92 Å². The van der Waals surface area contributed by atoms with E-state index in [2.05, 4.69) is 6.92 Å². The van der Waals surface area contributed by atoms with Crippen LogP contribution in [-0.4, -0.2) is 18.3 Å². The van der Waals surface area contributed by atoms with Gasteiger partial charge in [-0.1, -0.05) is 31.9 Å². The van der Waals surface area contributed by atoms with E-state index >= 15 is 0 Å². The number of ether oxygens (including phenoxy) is 1. The summed E-state index contributed by atoms with van der Waals surface area (Å²) in [7, 11) is 1.67. The summed E-state index contributed by atoms with van der Waals surface area (Å²) in [5.74, 6) is 2.21. The molecule has 1 aliphatic rings. The van der Waals surface area contributed by atoms with E-state index in [4.69, 9.17) is 4.74 Å².